The van der Waals surface area contributed by atoms with Gasteiger partial charge in [-0.2, -0.15) is 0 Å². The van der Waals surface area contributed by atoms with Gasteiger partial charge in [-0.1, -0.05) is 0 Å². The molecule has 1 saturated heterocycles. The van der Waals surface area contributed by atoms with Crippen molar-refractivity contribution in [1.29, 1.82) is 0 Å². The van der Waals surface area contributed by atoms with Gasteiger partial charge in [-0.15, -0.1) is 0 Å². The quantitative estimate of drug-likeness (QED) is 0.777. The van der Waals surface area contributed by atoms with Crippen LogP contribution in [0.4, 0.5) is 0 Å². The molecule has 2 saturated carbocycles. The van der Waals surface area contributed by atoms with Crippen molar-refractivity contribution in [2.75, 3.05) is 19.8 Å². The molecule has 3 aliphatic rings. The van der Waals surface area contributed by atoms with Crippen LogP contribution >= 0.6 is 0 Å². The Balaban J connectivity index is 1.43. The molecule has 3 N–H and O–H groups in total. The summed E-state index contributed by atoms with van der Waals surface area (Å²) >= 11 is 0. The van der Waals surface area contributed by atoms with Gasteiger partial charge in [0.2, 0.25) is 5.91 Å². The van der Waals surface area contributed by atoms with Crippen molar-refractivity contribution in [2.24, 2.45) is 23.5 Å². The van der Waals surface area contributed by atoms with E-state index in [9.17, 15) is 4.79 Å². The molecule has 1 heterocycles. The maximum Gasteiger partial charge on any atom is 0.225 e. The highest BCUT2D eigenvalue weighted by Gasteiger charge is 2.49. The fourth-order valence-electron chi connectivity index (χ4n) is 4.03. The van der Waals surface area contributed by atoms with Gasteiger partial charge in [0, 0.05) is 18.7 Å². The van der Waals surface area contributed by atoms with Crippen LogP contribution in [0, 0.1) is 17.8 Å². The molecule has 6 atom stereocenters. The minimum atomic E-state index is 0.0195. The molecular weight excluding hydrogens is 256 g/mol. The van der Waals surface area contributed by atoms with Gasteiger partial charge in [-0.05, 0) is 44.4 Å². The highest BCUT2D eigenvalue weighted by atomic mass is 16.5. The van der Waals surface area contributed by atoms with Crippen molar-refractivity contribution in [1.82, 2.24) is 5.32 Å². The number of carbonyl (C=O) groups is 1. The van der Waals surface area contributed by atoms with Crippen molar-refractivity contribution in [3.05, 3.63) is 0 Å². The highest BCUT2D eigenvalue weighted by molar-refractivity contribution is 5.80. The molecule has 2 aliphatic carbocycles. The molecular formula is C15H26N2O3. The summed E-state index contributed by atoms with van der Waals surface area (Å²) in [6.07, 6.45) is 4.66. The fourth-order valence-corrected chi connectivity index (χ4v) is 4.03. The van der Waals surface area contributed by atoms with Crippen LogP contribution in [0.25, 0.3) is 0 Å². The number of rotatable bonds is 5. The molecule has 2 bridgehead atoms. The molecule has 5 heteroatoms. The summed E-state index contributed by atoms with van der Waals surface area (Å²) in [5.41, 5.74) is 6.21. The molecule has 5 nitrogen and oxygen atoms in total. The SMILES string of the molecule is CC(COC1CCOC1)NC(=O)C1C2CCC(C2)C1N. The summed E-state index contributed by atoms with van der Waals surface area (Å²) in [6.45, 7) is 4.01. The summed E-state index contributed by atoms with van der Waals surface area (Å²) in [5, 5.41) is 3.08. The monoisotopic (exact) mass is 282 g/mol. The zero-order valence-corrected chi connectivity index (χ0v) is 12.2. The van der Waals surface area contributed by atoms with E-state index in [1.165, 1.54) is 12.8 Å². The second-order valence-corrected chi connectivity index (χ2v) is 6.66. The Morgan fingerprint density at radius 2 is 2.20 bits per heavy atom. The van der Waals surface area contributed by atoms with E-state index in [0.29, 0.717) is 25.0 Å². The molecule has 0 aromatic heterocycles. The Labute approximate surface area is 120 Å². The van der Waals surface area contributed by atoms with Gasteiger partial charge in [-0.3, -0.25) is 4.79 Å². The summed E-state index contributed by atoms with van der Waals surface area (Å²) in [4.78, 5) is 12.4. The van der Waals surface area contributed by atoms with Gasteiger partial charge in [-0.25, -0.2) is 0 Å². The van der Waals surface area contributed by atoms with E-state index in [-0.39, 0.29) is 30.0 Å². The fraction of sp³-hybridized carbons (Fsp3) is 0.933. The lowest BCUT2D eigenvalue weighted by Crippen LogP contribution is -2.48. The van der Waals surface area contributed by atoms with Gasteiger partial charge < -0.3 is 20.5 Å². The van der Waals surface area contributed by atoms with E-state index in [2.05, 4.69) is 5.32 Å². The van der Waals surface area contributed by atoms with Crippen LogP contribution in [0.15, 0.2) is 0 Å². The van der Waals surface area contributed by atoms with Crippen LogP contribution in [-0.4, -0.2) is 43.9 Å². The van der Waals surface area contributed by atoms with E-state index in [1.807, 2.05) is 6.92 Å². The third-order valence-corrected chi connectivity index (χ3v) is 5.14. The molecule has 3 fully saturated rings. The lowest BCUT2D eigenvalue weighted by atomic mass is 9.84. The average molecular weight is 282 g/mol. The summed E-state index contributed by atoms with van der Waals surface area (Å²) in [5.74, 6) is 1.22. The summed E-state index contributed by atoms with van der Waals surface area (Å²) in [6, 6.07) is 0.0968. The molecule has 1 amide bonds. The lowest BCUT2D eigenvalue weighted by molar-refractivity contribution is -0.128. The smallest absolute Gasteiger partial charge is 0.225 e. The van der Waals surface area contributed by atoms with Gasteiger partial charge in [0.1, 0.15) is 0 Å². The second-order valence-electron chi connectivity index (χ2n) is 6.66. The molecule has 1 aliphatic heterocycles. The topological polar surface area (TPSA) is 73.6 Å². The van der Waals surface area contributed by atoms with Crippen molar-refractivity contribution in [2.45, 2.75) is 50.8 Å². The maximum absolute atomic E-state index is 12.4. The molecule has 0 radical (unpaired) electrons. The van der Waals surface area contributed by atoms with Crippen molar-refractivity contribution in [3.8, 4) is 0 Å². The number of fused-ring (bicyclic) bond motifs is 2. The minimum absolute atomic E-state index is 0.0195. The van der Waals surface area contributed by atoms with Crippen LogP contribution in [0.1, 0.15) is 32.6 Å². The summed E-state index contributed by atoms with van der Waals surface area (Å²) in [7, 11) is 0. The maximum atomic E-state index is 12.4. The number of nitrogens with one attached hydrogen (secondary N) is 1. The van der Waals surface area contributed by atoms with Crippen LogP contribution in [-0.2, 0) is 14.3 Å². The lowest BCUT2D eigenvalue weighted by Gasteiger charge is -2.28. The van der Waals surface area contributed by atoms with E-state index in [4.69, 9.17) is 15.2 Å². The molecule has 0 aromatic rings. The second kappa shape index (κ2) is 6.00. The van der Waals surface area contributed by atoms with E-state index in [0.717, 1.165) is 19.4 Å². The Morgan fingerprint density at radius 3 is 2.85 bits per heavy atom. The molecule has 20 heavy (non-hydrogen) atoms. The first-order valence-corrected chi connectivity index (χ1v) is 7.90. The highest BCUT2D eigenvalue weighted by Crippen LogP contribution is 2.47. The minimum Gasteiger partial charge on any atom is -0.379 e. The number of hydrogen-bond acceptors (Lipinski definition) is 4. The van der Waals surface area contributed by atoms with Crippen molar-refractivity contribution in [3.63, 3.8) is 0 Å². The molecule has 114 valence electrons. The van der Waals surface area contributed by atoms with Gasteiger partial charge >= 0.3 is 0 Å². The molecule has 0 spiro atoms. The first-order valence-electron chi connectivity index (χ1n) is 7.90. The van der Waals surface area contributed by atoms with E-state index < -0.39 is 0 Å². The molecule has 6 unspecified atom stereocenters. The Morgan fingerprint density at radius 1 is 1.40 bits per heavy atom. The Hall–Kier alpha value is -0.650. The zero-order valence-electron chi connectivity index (χ0n) is 12.2. The van der Waals surface area contributed by atoms with Gasteiger partial charge in [0.25, 0.3) is 0 Å². The third kappa shape index (κ3) is 2.85. The van der Waals surface area contributed by atoms with Crippen LogP contribution in [0.2, 0.25) is 0 Å². The van der Waals surface area contributed by atoms with Crippen LogP contribution in [0.5, 0.6) is 0 Å². The number of amides is 1. The normalized spacial score (nSPS) is 41.0. The standard InChI is InChI=1S/C15H26N2O3/c1-9(7-20-12-4-5-19-8-12)17-15(18)13-10-2-3-11(6-10)14(13)16/h9-14H,2-8,16H2,1H3,(H,17,18). The van der Waals surface area contributed by atoms with E-state index >= 15 is 0 Å². The Kier molecular flexibility index (Phi) is 4.29. The molecule has 3 rings (SSSR count). The van der Waals surface area contributed by atoms with Gasteiger partial charge in [0.05, 0.1) is 25.2 Å². The predicted octanol–water partition coefficient (Wildman–Crippen LogP) is 0.670. The zero-order chi connectivity index (χ0) is 14.1. The van der Waals surface area contributed by atoms with Crippen molar-refractivity contribution >= 4 is 5.91 Å². The van der Waals surface area contributed by atoms with E-state index in [1.54, 1.807) is 0 Å². The Bertz CT molecular complexity index is 355. The number of ether oxygens (including phenoxy) is 2. The molecule has 0 aromatic carbocycles. The van der Waals surface area contributed by atoms with Crippen LogP contribution in [0.3, 0.4) is 0 Å². The predicted molar refractivity (Wildman–Crippen MR) is 75.1 cm³/mol. The first-order chi connectivity index (χ1) is 9.65. The first kappa shape index (κ1) is 14.3. The summed E-state index contributed by atoms with van der Waals surface area (Å²) < 4.78 is 11.0. The number of hydrogen-bond donors (Lipinski definition) is 2. The third-order valence-electron chi connectivity index (χ3n) is 5.14. The average Bonchev–Trinajstić information content (AvgIpc) is 3.13. The van der Waals surface area contributed by atoms with Gasteiger partial charge in [0.15, 0.2) is 0 Å². The van der Waals surface area contributed by atoms with Crippen LogP contribution < -0.4 is 11.1 Å². The van der Waals surface area contributed by atoms with Crippen molar-refractivity contribution < 1.29 is 14.3 Å². The number of carbonyl (C=O) groups excluding carboxylic acids is 1. The number of nitrogens with two attached hydrogens (primary N) is 1. The largest absolute Gasteiger partial charge is 0.379 e.